The highest BCUT2D eigenvalue weighted by Gasteiger charge is 2.11. The van der Waals surface area contributed by atoms with Crippen molar-refractivity contribution >= 4 is 18.1 Å². The quantitative estimate of drug-likeness (QED) is 0.368. The predicted octanol–water partition coefficient (Wildman–Crippen LogP) is 3.27. The fraction of sp³-hybridized carbons (Fsp3) is 0.174. The van der Waals surface area contributed by atoms with Gasteiger partial charge in [0.1, 0.15) is 18.1 Å². The number of nitrogens with one attached hydrogen (secondary N) is 1. The summed E-state index contributed by atoms with van der Waals surface area (Å²) in [4.78, 5) is 23.0. The van der Waals surface area contributed by atoms with Gasteiger partial charge < -0.3 is 23.7 Å². The number of benzene rings is 2. The van der Waals surface area contributed by atoms with Crippen molar-refractivity contribution in [2.75, 3.05) is 14.2 Å². The molecular formula is C23H22N2O7. The summed E-state index contributed by atoms with van der Waals surface area (Å²) >= 11 is 0. The van der Waals surface area contributed by atoms with E-state index in [-0.39, 0.29) is 24.7 Å². The number of carbonyl (C=O) groups is 2. The first kappa shape index (κ1) is 22.4. The molecule has 1 amide bonds. The Hall–Kier alpha value is -4.27. The Morgan fingerprint density at radius 3 is 2.62 bits per heavy atom. The molecule has 0 saturated carbocycles. The maximum Gasteiger partial charge on any atom is 0.371 e. The molecule has 0 aliphatic carbocycles. The van der Waals surface area contributed by atoms with E-state index in [1.54, 1.807) is 31.4 Å². The second-order valence-electron chi connectivity index (χ2n) is 6.59. The van der Waals surface area contributed by atoms with Gasteiger partial charge in [-0.3, -0.25) is 4.79 Å². The van der Waals surface area contributed by atoms with Crippen LogP contribution in [0.15, 0.2) is 64.1 Å². The third-order valence-corrected chi connectivity index (χ3v) is 4.33. The molecule has 0 radical (unpaired) electrons. The molecule has 32 heavy (non-hydrogen) atoms. The molecule has 2 aromatic carbocycles. The summed E-state index contributed by atoms with van der Waals surface area (Å²) in [7, 11) is 3.06. The molecule has 9 nitrogen and oxygen atoms in total. The normalized spacial score (nSPS) is 10.7. The molecule has 0 bridgehead atoms. The van der Waals surface area contributed by atoms with E-state index in [9.17, 15) is 9.59 Å². The van der Waals surface area contributed by atoms with Gasteiger partial charge in [-0.05, 0) is 53.6 Å². The summed E-state index contributed by atoms with van der Waals surface area (Å²) in [6.45, 7) is 0.0391. The smallest absolute Gasteiger partial charge is 0.371 e. The fourth-order valence-electron chi connectivity index (χ4n) is 2.79. The van der Waals surface area contributed by atoms with Gasteiger partial charge in [-0.25, -0.2) is 10.2 Å². The maximum absolute atomic E-state index is 12.1. The van der Waals surface area contributed by atoms with Crippen molar-refractivity contribution in [3.8, 4) is 17.2 Å². The molecule has 0 unspecified atom stereocenters. The van der Waals surface area contributed by atoms with Crippen LogP contribution in [0.1, 0.15) is 27.4 Å². The number of amides is 1. The molecule has 1 aromatic heterocycles. The van der Waals surface area contributed by atoms with E-state index in [0.717, 1.165) is 5.56 Å². The summed E-state index contributed by atoms with van der Waals surface area (Å²) in [5.41, 5.74) is 3.98. The lowest BCUT2D eigenvalue weighted by Crippen LogP contribution is -2.19. The molecule has 0 atom stereocenters. The Bertz CT molecular complexity index is 1120. The van der Waals surface area contributed by atoms with Crippen molar-refractivity contribution in [3.63, 3.8) is 0 Å². The molecule has 2 N–H and O–H groups in total. The summed E-state index contributed by atoms with van der Waals surface area (Å²) in [5.74, 6) is 0.377. The van der Waals surface area contributed by atoms with Gasteiger partial charge in [0.2, 0.25) is 11.7 Å². The van der Waals surface area contributed by atoms with Crippen LogP contribution in [0.2, 0.25) is 0 Å². The van der Waals surface area contributed by atoms with Gasteiger partial charge in [-0.2, -0.15) is 5.10 Å². The number of ether oxygens (including phenoxy) is 3. The summed E-state index contributed by atoms with van der Waals surface area (Å²) < 4.78 is 21.3. The van der Waals surface area contributed by atoms with E-state index in [1.807, 2.05) is 18.2 Å². The van der Waals surface area contributed by atoms with Crippen molar-refractivity contribution in [1.82, 2.24) is 5.43 Å². The predicted molar refractivity (Wildman–Crippen MR) is 115 cm³/mol. The zero-order valence-corrected chi connectivity index (χ0v) is 17.5. The lowest BCUT2D eigenvalue weighted by molar-refractivity contribution is -0.120. The van der Waals surface area contributed by atoms with Crippen molar-refractivity contribution in [3.05, 3.63) is 77.2 Å². The third kappa shape index (κ3) is 6.11. The summed E-state index contributed by atoms with van der Waals surface area (Å²) in [6, 6.07) is 15.3. The molecule has 9 heteroatoms. The van der Waals surface area contributed by atoms with E-state index in [0.29, 0.717) is 28.6 Å². The third-order valence-electron chi connectivity index (χ3n) is 4.33. The van der Waals surface area contributed by atoms with Gasteiger partial charge in [0, 0.05) is 0 Å². The second kappa shape index (κ2) is 10.7. The molecule has 1 heterocycles. The van der Waals surface area contributed by atoms with E-state index in [1.165, 1.54) is 25.5 Å². The fourth-order valence-corrected chi connectivity index (χ4v) is 2.79. The van der Waals surface area contributed by atoms with Crippen LogP contribution in [0.25, 0.3) is 0 Å². The monoisotopic (exact) mass is 438 g/mol. The van der Waals surface area contributed by atoms with E-state index >= 15 is 0 Å². The number of nitrogens with zero attached hydrogens (tertiary/aromatic N) is 1. The van der Waals surface area contributed by atoms with Gasteiger partial charge in [0.05, 0.1) is 26.9 Å². The standard InChI is InChI=1S/C23H22N2O7/c1-29-17-5-3-4-15(10-17)12-22(26)25-24-13-16-6-8-19(21(11-16)30-2)31-14-18-7-9-20(32-18)23(27)28/h3-11,13H,12,14H2,1-2H3,(H,25,26)(H,27,28). The minimum absolute atomic E-state index is 0.0391. The number of hydrogen-bond acceptors (Lipinski definition) is 7. The lowest BCUT2D eigenvalue weighted by atomic mass is 10.1. The van der Waals surface area contributed by atoms with Crippen LogP contribution in [0.5, 0.6) is 17.2 Å². The number of carbonyl (C=O) groups excluding carboxylic acids is 1. The molecule has 3 aromatic rings. The number of furan rings is 1. The zero-order chi connectivity index (χ0) is 22.9. The van der Waals surface area contributed by atoms with Crippen LogP contribution >= 0.6 is 0 Å². The molecule has 0 aliphatic rings. The molecule has 0 aliphatic heterocycles. The topological polar surface area (TPSA) is 120 Å². The van der Waals surface area contributed by atoms with Crippen molar-refractivity contribution < 1.29 is 33.3 Å². The van der Waals surface area contributed by atoms with Crippen LogP contribution in [0, 0.1) is 0 Å². The minimum Gasteiger partial charge on any atom is -0.497 e. The Balaban J connectivity index is 1.56. The lowest BCUT2D eigenvalue weighted by Gasteiger charge is -2.10. The van der Waals surface area contributed by atoms with Crippen LogP contribution in [0.4, 0.5) is 0 Å². The number of carboxylic acids is 1. The van der Waals surface area contributed by atoms with E-state index in [2.05, 4.69) is 10.5 Å². The first-order valence-corrected chi connectivity index (χ1v) is 9.56. The molecule has 0 saturated heterocycles. The van der Waals surface area contributed by atoms with Gasteiger partial charge in [-0.15, -0.1) is 0 Å². The van der Waals surface area contributed by atoms with Gasteiger partial charge >= 0.3 is 5.97 Å². The molecule has 166 valence electrons. The minimum atomic E-state index is -1.15. The van der Waals surface area contributed by atoms with E-state index < -0.39 is 5.97 Å². The number of aromatic carboxylic acids is 1. The first-order chi connectivity index (χ1) is 15.5. The zero-order valence-electron chi connectivity index (χ0n) is 17.5. The first-order valence-electron chi connectivity index (χ1n) is 9.56. The molecule has 3 rings (SSSR count). The summed E-state index contributed by atoms with van der Waals surface area (Å²) in [5, 5.41) is 12.9. The number of carboxylic acid groups (broad SMARTS) is 1. The SMILES string of the molecule is COc1cccc(CC(=O)NN=Cc2ccc(OCc3ccc(C(=O)O)o3)c(OC)c2)c1. The van der Waals surface area contributed by atoms with Gasteiger partial charge in [0.15, 0.2) is 11.5 Å². The van der Waals surface area contributed by atoms with Crippen molar-refractivity contribution in [2.24, 2.45) is 5.10 Å². The number of methoxy groups -OCH3 is 2. The number of hydrazone groups is 1. The number of hydrogen-bond donors (Lipinski definition) is 2. The maximum atomic E-state index is 12.1. The van der Waals surface area contributed by atoms with Crippen LogP contribution < -0.4 is 19.6 Å². The Labute approximate surface area is 184 Å². The van der Waals surface area contributed by atoms with Crippen LogP contribution in [0.3, 0.4) is 0 Å². The number of rotatable bonds is 10. The molecular weight excluding hydrogens is 416 g/mol. The second-order valence-corrected chi connectivity index (χ2v) is 6.59. The highest BCUT2D eigenvalue weighted by atomic mass is 16.5. The van der Waals surface area contributed by atoms with Crippen LogP contribution in [-0.4, -0.2) is 37.4 Å². The summed E-state index contributed by atoms with van der Waals surface area (Å²) in [6.07, 6.45) is 1.66. The average Bonchev–Trinajstić information content (AvgIpc) is 3.27. The Kier molecular flexibility index (Phi) is 7.47. The average molecular weight is 438 g/mol. The molecule has 0 fully saturated rings. The van der Waals surface area contributed by atoms with Gasteiger partial charge in [0.25, 0.3) is 0 Å². The van der Waals surface area contributed by atoms with Gasteiger partial charge in [-0.1, -0.05) is 12.1 Å². The van der Waals surface area contributed by atoms with Crippen LogP contribution in [-0.2, 0) is 17.8 Å². The highest BCUT2D eigenvalue weighted by molar-refractivity contribution is 5.84. The Morgan fingerprint density at radius 2 is 1.91 bits per heavy atom. The van der Waals surface area contributed by atoms with Crippen molar-refractivity contribution in [2.45, 2.75) is 13.0 Å². The van der Waals surface area contributed by atoms with Crippen molar-refractivity contribution in [1.29, 1.82) is 0 Å². The van der Waals surface area contributed by atoms with E-state index in [4.69, 9.17) is 23.7 Å². The highest BCUT2D eigenvalue weighted by Crippen LogP contribution is 2.28. The largest absolute Gasteiger partial charge is 0.497 e. The Morgan fingerprint density at radius 1 is 1.06 bits per heavy atom. The molecule has 0 spiro atoms.